The molecule has 6 nitrogen and oxygen atoms in total. The molecule has 0 saturated heterocycles. The summed E-state index contributed by atoms with van der Waals surface area (Å²) in [5.41, 5.74) is 0.684. The van der Waals surface area contributed by atoms with E-state index in [1.165, 1.54) is 29.5 Å². The highest BCUT2D eigenvalue weighted by atomic mass is 16.1. The van der Waals surface area contributed by atoms with Crippen LogP contribution in [-0.2, 0) is 7.05 Å². The quantitative estimate of drug-likeness (QED) is 0.613. The van der Waals surface area contributed by atoms with Gasteiger partial charge in [-0.1, -0.05) is 5.21 Å². The molecule has 2 heterocycles. The highest BCUT2D eigenvalue weighted by molar-refractivity contribution is 6.06. The number of carbonyl (C=O) groups is 1. The first-order valence-corrected chi connectivity index (χ1v) is 3.94. The highest BCUT2D eigenvalue weighted by Gasteiger charge is 2.14. The molecule has 0 aromatic carbocycles. The average molecular weight is 189 g/mol. The Kier molecular flexibility index (Phi) is 2.02. The van der Waals surface area contributed by atoms with E-state index in [0.717, 1.165) is 0 Å². The summed E-state index contributed by atoms with van der Waals surface area (Å²) in [6, 6.07) is 0. The predicted molar refractivity (Wildman–Crippen MR) is 46.5 cm³/mol. The molecule has 0 atom stereocenters. The average Bonchev–Trinajstić information content (AvgIpc) is 2.65. The van der Waals surface area contributed by atoms with Crippen molar-refractivity contribution in [2.75, 3.05) is 0 Å². The molecule has 0 saturated carbocycles. The minimum Gasteiger partial charge on any atom is -0.285 e. The van der Waals surface area contributed by atoms with Crippen molar-refractivity contribution in [2.24, 2.45) is 7.05 Å². The van der Waals surface area contributed by atoms with Gasteiger partial charge in [0.1, 0.15) is 11.4 Å². The van der Waals surface area contributed by atoms with Crippen LogP contribution in [0.3, 0.4) is 0 Å². The maximum absolute atomic E-state index is 11.7. The van der Waals surface area contributed by atoms with Crippen LogP contribution in [0.15, 0.2) is 24.8 Å². The molecule has 6 heteroatoms. The lowest BCUT2D eigenvalue weighted by Crippen LogP contribution is -2.09. The topological polar surface area (TPSA) is 73.6 Å². The summed E-state index contributed by atoms with van der Waals surface area (Å²) >= 11 is 0. The summed E-state index contributed by atoms with van der Waals surface area (Å²) in [5, 5.41) is 7.27. The standard InChI is InChI=1S/C8H7N5O/c1-13-7(5-11-12-13)8(14)6-4-9-2-3-10-6/h2-5H,1H3. The monoisotopic (exact) mass is 189 g/mol. The molecule has 0 amide bonds. The molecular weight excluding hydrogens is 182 g/mol. The lowest BCUT2D eigenvalue weighted by molar-refractivity contribution is 0.102. The molecule has 0 unspecified atom stereocenters. The van der Waals surface area contributed by atoms with Crippen LogP contribution < -0.4 is 0 Å². The number of hydrogen-bond acceptors (Lipinski definition) is 5. The van der Waals surface area contributed by atoms with Gasteiger partial charge in [-0.2, -0.15) is 0 Å². The second-order valence-electron chi connectivity index (χ2n) is 2.66. The van der Waals surface area contributed by atoms with E-state index in [4.69, 9.17) is 0 Å². The van der Waals surface area contributed by atoms with Crippen LogP contribution in [0.5, 0.6) is 0 Å². The van der Waals surface area contributed by atoms with Gasteiger partial charge in [0.15, 0.2) is 0 Å². The number of aromatic nitrogens is 5. The first kappa shape index (κ1) is 8.49. The van der Waals surface area contributed by atoms with Crippen LogP contribution in [-0.4, -0.2) is 30.7 Å². The van der Waals surface area contributed by atoms with Crippen molar-refractivity contribution in [3.63, 3.8) is 0 Å². The van der Waals surface area contributed by atoms with Crippen molar-refractivity contribution < 1.29 is 4.79 Å². The third-order valence-electron chi connectivity index (χ3n) is 1.74. The summed E-state index contributed by atoms with van der Waals surface area (Å²) < 4.78 is 1.40. The van der Waals surface area contributed by atoms with Gasteiger partial charge in [-0.25, -0.2) is 9.67 Å². The third-order valence-corrected chi connectivity index (χ3v) is 1.74. The Morgan fingerprint density at radius 1 is 1.36 bits per heavy atom. The van der Waals surface area contributed by atoms with Gasteiger partial charge in [-0.3, -0.25) is 9.78 Å². The highest BCUT2D eigenvalue weighted by Crippen LogP contribution is 2.02. The molecular formula is C8H7N5O. The fraction of sp³-hybridized carbons (Fsp3) is 0.125. The Balaban J connectivity index is 2.39. The minimum absolute atomic E-state index is 0.231. The van der Waals surface area contributed by atoms with E-state index in [1.807, 2.05) is 0 Å². The molecule has 0 radical (unpaired) electrons. The zero-order chi connectivity index (χ0) is 9.97. The first-order chi connectivity index (χ1) is 6.79. The van der Waals surface area contributed by atoms with Crippen LogP contribution in [0.2, 0.25) is 0 Å². The lowest BCUT2D eigenvalue weighted by Gasteiger charge is -1.97. The largest absolute Gasteiger partial charge is 0.285 e. The molecule has 0 aliphatic heterocycles. The van der Waals surface area contributed by atoms with Gasteiger partial charge in [-0.05, 0) is 0 Å². The fourth-order valence-corrected chi connectivity index (χ4v) is 1.04. The maximum atomic E-state index is 11.7. The third kappa shape index (κ3) is 1.37. The molecule has 2 aromatic heterocycles. The molecule has 14 heavy (non-hydrogen) atoms. The van der Waals surface area contributed by atoms with E-state index in [-0.39, 0.29) is 11.5 Å². The molecule has 0 spiro atoms. The van der Waals surface area contributed by atoms with E-state index in [0.29, 0.717) is 5.69 Å². The van der Waals surface area contributed by atoms with Gasteiger partial charge >= 0.3 is 0 Å². The van der Waals surface area contributed by atoms with E-state index in [9.17, 15) is 4.79 Å². The Bertz CT molecular complexity index is 450. The normalized spacial score (nSPS) is 10.1. The second kappa shape index (κ2) is 3.33. The van der Waals surface area contributed by atoms with Crippen molar-refractivity contribution in [3.05, 3.63) is 36.2 Å². The zero-order valence-electron chi connectivity index (χ0n) is 7.45. The smallest absolute Gasteiger partial charge is 0.232 e. The van der Waals surface area contributed by atoms with Crippen LogP contribution in [0.25, 0.3) is 0 Å². The fourth-order valence-electron chi connectivity index (χ4n) is 1.04. The number of rotatable bonds is 2. The van der Waals surface area contributed by atoms with Crippen molar-refractivity contribution in [2.45, 2.75) is 0 Å². The van der Waals surface area contributed by atoms with Gasteiger partial charge < -0.3 is 0 Å². The number of hydrogen-bond donors (Lipinski definition) is 0. The van der Waals surface area contributed by atoms with Gasteiger partial charge in [0, 0.05) is 19.4 Å². The van der Waals surface area contributed by atoms with E-state index in [1.54, 1.807) is 7.05 Å². The van der Waals surface area contributed by atoms with Gasteiger partial charge in [0.25, 0.3) is 0 Å². The van der Waals surface area contributed by atoms with Crippen molar-refractivity contribution in [3.8, 4) is 0 Å². The van der Waals surface area contributed by atoms with Crippen LogP contribution in [0, 0.1) is 0 Å². The number of ketones is 1. The number of carbonyl (C=O) groups excluding carboxylic acids is 1. The van der Waals surface area contributed by atoms with Crippen molar-refractivity contribution in [1.82, 2.24) is 25.0 Å². The molecule has 70 valence electrons. The summed E-state index contributed by atoms with van der Waals surface area (Å²) in [6.45, 7) is 0. The van der Waals surface area contributed by atoms with Crippen LogP contribution >= 0.6 is 0 Å². The second-order valence-corrected chi connectivity index (χ2v) is 2.66. The molecule has 0 bridgehead atoms. The zero-order valence-corrected chi connectivity index (χ0v) is 7.45. The number of nitrogens with zero attached hydrogens (tertiary/aromatic N) is 5. The Morgan fingerprint density at radius 2 is 2.21 bits per heavy atom. The summed E-state index contributed by atoms with van der Waals surface area (Å²) in [4.78, 5) is 19.4. The predicted octanol–water partition coefficient (Wildman–Crippen LogP) is -0.164. The summed E-state index contributed by atoms with van der Waals surface area (Å²) in [6.07, 6.45) is 5.79. The van der Waals surface area contributed by atoms with Gasteiger partial charge in [0.2, 0.25) is 5.78 Å². The Morgan fingerprint density at radius 3 is 2.79 bits per heavy atom. The van der Waals surface area contributed by atoms with Gasteiger partial charge in [0.05, 0.1) is 12.4 Å². The molecule has 2 rings (SSSR count). The Labute approximate surface area is 79.6 Å². The van der Waals surface area contributed by atoms with Crippen molar-refractivity contribution in [1.29, 1.82) is 0 Å². The van der Waals surface area contributed by atoms with Crippen LogP contribution in [0.4, 0.5) is 0 Å². The SMILES string of the molecule is Cn1nncc1C(=O)c1cnccn1. The molecule has 0 fully saturated rings. The van der Waals surface area contributed by atoms with Crippen LogP contribution in [0.1, 0.15) is 16.2 Å². The Hall–Kier alpha value is -2.11. The number of aryl methyl sites for hydroxylation is 1. The summed E-state index contributed by atoms with van der Waals surface area (Å²) in [7, 11) is 1.65. The lowest BCUT2D eigenvalue weighted by atomic mass is 10.2. The molecule has 0 aliphatic carbocycles. The van der Waals surface area contributed by atoms with Crippen molar-refractivity contribution >= 4 is 5.78 Å². The molecule has 2 aromatic rings. The van der Waals surface area contributed by atoms with E-state index >= 15 is 0 Å². The van der Waals surface area contributed by atoms with E-state index in [2.05, 4.69) is 20.3 Å². The molecule has 0 N–H and O–H groups in total. The van der Waals surface area contributed by atoms with Gasteiger partial charge in [-0.15, -0.1) is 5.10 Å². The first-order valence-electron chi connectivity index (χ1n) is 3.94. The molecule has 0 aliphatic rings. The van der Waals surface area contributed by atoms with E-state index < -0.39 is 0 Å². The maximum Gasteiger partial charge on any atom is 0.232 e. The minimum atomic E-state index is -0.231. The summed E-state index contributed by atoms with van der Waals surface area (Å²) in [5.74, 6) is -0.231.